The third-order valence-corrected chi connectivity index (χ3v) is 16.8. The second kappa shape index (κ2) is 58.7. The van der Waals surface area contributed by atoms with Gasteiger partial charge in [0.25, 0.3) is 0 Å². The Morgan fingerprint density at radius 1 is 0.254 bits per heavy atom. The van der Waals surface area contributed by atoms with Gasteiger partial charge in [-0.15, -0.1) is 0 Å². The lowest BCUT2D eigenvalue weighted by molar-refractivity contribution is 0.195. The molecule has 0 saturated carbocycles. The predicted octanol–water partition coefficient (Wildman–Crippen LogP) is 23.3. The Bertz CT molecular complexity index is 872. The number of hydrogen-bond acceptors (Lipinski definition) is 2. The minimum Gasteiger partial charge on any atom is -0.312 e. The summed E-state index contributed by atoms with van der Waals surface area (Å²) in [5.41, 5.74) is 0. The predicted molar refractivity (Wildman–Crippen MR) is 303 cm³/mol. The quantitative estimate of drug-likeness (QED) is 0.0487. The molecule has 0 amide bonds. The van der Waals surface area contributed by atoms with Crippen LogP contribution in [0, 0.1) is 0 Å². The van der Waals surface area contributed by atoms with Crippen LogP contribution in [0.2, 0.25) is 0 Å². The molecule has 1 atom stereocenters. The van der Waals surface area contributed by atoms with Crippen LogP contribution in [0.5, 0.6) is 0 Å². The fraction of sp³-hybridized carbons (Fsp3) is 1.00. The highest BCUT2D eigenvalue weighted by Crippen LogP contribution is 2.47. The highest BCUT2D eigenvalue weighted by Gasteiger charge is 2.28. The lowest BCUT2D eigenvalue weighted by Crippen LogP contribution is -2.24. The van der Waals surface area contributed by atoms with Crippen LogP contribution >= 0.6 is 7.75 Å². The highest BCUT2D eigenvalue weighted by atomic mass is 31.2. The zero-order valence-electron chi connectivity index (χ0n) is 46.9. The van der Waals surface area contributed by atoms with E-state index < -0.39 is 7.75 Å². The molecule has 0 aliphatic rings. The summed E-state index contributed by atoms with van der Waals surface area (Å²) in [5.74, 6) is 0. The Morgan fingerprint density at radius 3 is 0.567 bits per heavy atom. The summed E-state index contributed by atoms with van der Waals surface area (Å²) in [5, 5.41) is 0. The van der Waals surface area contributed by atoms with Crippen molar-refractivity contribution in [3.8, 4) is 0 Å². The summed E-state index contributed by atoms with van der Waals surface area (Å²) in [6.45, 7) is 8.49. The zero-order chi connectivity index (χ0) is 48.5. The van der Waals surface area contributed by atoms with Crippen LogP contribution in [-0.4, -0.2) is 29.3 Å². The van der Waals surface area contributed by atoms with E-state index in [1.807, 2.05) is 4.67 Å². The fourth-order valence-electron chi connectivity index (χ4n) is 10.3. The van der Waals surface area contributed by atoms with Gasteiger partial charge in [-0.1, -0.05) is 361 Å². The van der Waals surface area contributed by atoms with Crippen molar-refractivity contribution in [2.24, 2.45) is 0 Å². The molecule has 4 nitrogen and oxygen atoms in total. The van der Waals surface area contributed by atoms with Gasteiger partial charge in [0.15, 0.2) is 0 Å². The molecule has 0 bridgehead atoms. The maximum Gasteiger partial charge on any atom is 0.405 e. The third-order valence-electron chi connectivity index (χ3n) is 15.2. The molecule has 0 aliphatic heterocycles. The Balaban J connectivity index is 3.65. The van der Waals surface area contributed by atoms with Gasteiger partial charge < -0.3 is 4.89 Å². The molecule has 0 aromatic heterocycles. The average molecular weight is 967 g/mol. The van der Waals surface area contributed by atoms with E-state index in [2.05, 4.69) is 20.8 Å². The van der Waals surface area contributed by atoms with Crippen molar-refractivity contribution in [2.45, 2.75) is 380 Å². The van der Waals surface area contributed by atoms with Crippen LogP contribution in [0.1, 0.15) is 380 Å². The zero-order valence-corrected chi connectivity index (χ0v) is 47.8. The summed E-state index contributed by atoms with van der Waals surface area (Å²) in [6.07, 6.45) is 77.6. The van der Waals surface area contributed by atoms with Crippen molar-refractivity contribution in [3.05, 3.63) is 0 Å². The molecule has 5 heteroatoms. The SMILES string of the molecule is CCCCCCCCCCCCCCCCCCCCCCCCCCCCCN(CCCCCCCCCCCCCCCCCCCCCCCCCCCCC)P(=O)(O)OCCCC. The Hall–Kier alpha value is 0.110. The first-order chi connectivity index (χ1) is 33.1. The van der Waals surface area contributed by atoms with Gasteiger partial charge in [-0.3, -0.25) is 4.52 Å². The van der Waals surface area contributed by atoms with E-state index in [1.165, 1.54) is 321 Å². The molecule has 0 spiro atoms. The Labute approximate surface area is 424 Å². The lowest BCUT2D eigenvalue weighted by atomic mass is 10.0. The molecule has 0 rings (SSSR count). The molecular formula is C62H128NO3P. The summed E-state index contributed by atoms with van der Waals surface area (Å²) in [6, 6.07) is 0. The van der Waals surface area contributed by atoms with Gasteiger partial charge >= 0.3 is 7.75 Å². The number of rotatable bonds is 61. The van der Waals surface area contributed by atoms with Gasteiger partial charge in [0.2, 0.25) is 0 Å². The summed E-state index contributed by atoms with van der Waals surface area (Å²) < 4.78 is 20.6. The van der Waals surface area contributed by atoms with Crippen molar-refractivity contribution in [1.29, 1.82) is 0 Å². The minimum absolute atomic E-state index is 0.389. The van der Waals surface area contributed by atoms with Crippen LogP contribution < -0.4 is 0 Å². The van der Waals surface area contributed by atoms with Gasteiger partial charge in [-0.25, -0.2) is 9.24 Å². The summed E-state index contributed by atoms with van der Waals surface area (Å²) >= 11 is 0. The van der Waals surface area contributed by atoms with Crippen LogP contribution in [0.4, 0.5) is 0 Å². The van der Waals surface area contributed by atoms with E-state index in [-0.39, 0.29) is 0 Å². The smallest absolute Gasteiger partial charge is 0.312 e. The average Bonchev–Trinajstić information content (AvgIpc) is 3.32. The maximum absolute atomic E-state index is 13.2. The van der Waals surface area contributed by atoms with Crippen molar-refractivity contribution in [2.75, 3.05) is 19.7 Å². The molecule has 404 valence electrons. The number of hydrogen-bond donors (Lipinski definition) is 1. The normalized spacial score (nSPS) is 12.8. The molecule has 1 unspecified atom stereocenters. The standard InChI is InChI=1S/C62H128NO3P/c1-4-7-10-12-14-16-18-20-22-24-26-28-30-32-34-36-38-40-42-44-46-48-50-52-54-56-58-60-63(67(64,65)66-62-9-6-3)61-59-57-55-53-51-49-47-45-43-41-39-37-35-33-31-29-27-25-23-21-19-17-15-13-11-8-5-2/h4-62H2,1-3H3,(H,64,65). The Morgan fingerprint density at radius 2 is 0.403 bits per heavy atom. The van der Waals surface area contributed by atoms with Gasteiger partial charge in [0.05, 0.1) is 6.61 Å². The molecule has 0 aliphatic carbocycles. The molecule has 0 heterocycles. The van der Waals surface area contributed by atoms with E-state index in [4.69, 9.17) is 4.52 Å². The van der Waals surface area contributed by atoms with Crippen molar-refractivity contribution in [1.82, 2.24) is 4.67 Å². The van der Waals surface area contributed by atoms with Gasteiger partial charge in [0.1, 0.15) is 0 Å². The van der Waals surface area contributed by atoms with Crippen molar-refractivity contribution < 1.29 is 14.0 Å². The monoisotopic (exact) mass is 966 g/mol. The lowest BCUT2D eigenvalue weighted by Gasteiger charge is -2.26. The second-order valence-electron chi connectivity index (χ2n) is 22.0. The molecule has 0 aromatic carbocycles. The van der Waals surface area contributed by atoms with Crippen LogP contribution in [0.25, 0.3) is 0 Å². The largest absolute Gasteiger partial charge is 0.405 e. The summed E-state index contributed by atoms with van der Waals surface area (Å²) in [7, 11) is -3.70. The fourth-order valence-corrected chi connectivity index (χ4v) is 11.7. The van der Waals surface area contributed by atoms with Crippen LogP contribution in [-0.2, 0) is 9.09 Å². The maximum atomic E-state index is 13.2. The molecule has 1 N–H and O–H groups in total. The molecule has 0 radical (unpaired) electrons. The van der Waals surface area contributed by atoms with Gasteiger partial charge in [-0.05, 0) is 19.3 Å². The Kier molecular flexibility index (Phi) is 58.8. The number of nitrogens with zero attached hydrogens (tertiary/aromatic N) is 1. The van der Waals surface area contributed by atoms with Crippen molar-refractivity contribution >= 4 is 7.75 Å². The molecule has 67 heavy (non-hydrogen) atoms. The topological polar surface area (TPSA) is 49.8 Å². The molecule has 0 saturated heterocycles. The van der Waals surface area contributed by atoms with Crippen LogP contribution in [0.3, 0.4) is 0 Å². The van der Waals surface area contributed by atoms with Gasteiger partial charge in [0, 0.05) is 13.1 Å². The van der Waals surface area contributed by atoms with E-state index >= 15 is 0 Å². The first kappa shape index (κ1) is 67.1. The molecule has 0 aromatic rings. The summed E-state index contributed by atoms with van der Waals surface area (Å²) in [4.78, 5) is 10.9. The molecule has 0 fully saturated rings. The van der Waals surface area contributed by atoms with E-state index in [1.54, 1.807) is 0 Å². The second-order valence-corrected chi connectivity index (χ2v) is 23.8. The first-order valence-corrected chi connectivity index (χ1v) is 33.3. The van der Waals surface area contributed by atoms with Crippen LogP contribution in [0.15, 0.2) is 0 Å². The van der Waals surface area contributed by atoms with Gasteiger partial charge in [-0.2, -0.15) is 0 Å². The van der Waals surface area contributed by atoms with E-state index in [0.717, 1.165) is 38.5 Å². The van der Waals surface area contributed by atoms with Crippen molar-refractivity contribution in [3.63, 3.8) is 0 Å². The highest BCUT2D eigenvalue weighted by molar-refractivity contribution is 7.50. The first-order valence-electron chi connectivity index (χ1n) is 31.8. The molecular weight excluding hydrogens is 838 g/mol. The minimum atomic E-state index is -3.70. The van der Waals surface area contributed by atoms with E-state index in [0.29, 0.717) is 19.7 Å². The number of unbranched alkanes of at least 4 members (excludes halogenated alkanes) is 53. The van der Waals surface area contributed by atoms with E-state index in [9.17, 15) is 9.46 Å². The third kappa shape index (κ3) is 55.3.